The maximum absolute atomic E-state index is 10.9. The van der Waals surface area contributed by atoms with Gasteiger partial charge in [-0.05, 0) is 30.9 Å². The Morgan fingerprint density at radius 1 is 1.56 bits per heavy atom. The lowest BCUT2D eigenvalue weighted by molar-refractivity contribution is 0.0995. The van der Waals surface area contributed by atoms with E-state index in [-0.39, 0.29) is 11.7 Å². The zero-order valence-electron chi connectivity index (χ0n) is 9.02. The molecule has 1 heterocycles. The van der Waals surface area contributed by atoms with Crippen molar-refractivity contribution in [2.45, 2.75) is 18.9 Å². The summed E-state index contributed by atoms with van der Waals surface area (Å²) in [7, 11) is 0. The Morgan fingerprint density at radius 2 is 2.31 bits per heavy atom. The summed E-state index contributed by atoms with van der Waals surface area (Å²) in [4.78, 5) is 15.0. The van der Waals surface area contributed by atoms with Crippen molar-refractivity contribution in [3.05, 3.63) is 23.9 Å². The van der Waals surface area contributed by atoms with Gasteiger partial charge in [-0.15, -0.1) is 0 Å². The van der Waals surface area contributed by atoms with Gasteiger partial charge in [-0.2, -0.15) is 0 Å². The highest BCUT2D eigenvalue weighted by atomic mass is 16.1. The molecule has 5 nitrogen and oxygen atoms in total. The van der Waals surface area contributed by atoms with Crippen LogP contribution in [0.5, 0.6) is 0 Å². The van der Waals surface area contributed by atoms with Crippen LogP contribution in [-0.2, 0) is 0 Å². The van der Waals surface area contributed by atoms with Crippen LogP contribution >= 0.6 is 0 Å². The zero-order chi connectivity index (χ0) is 11.5. The first kappa shape index (κ1) is 10.9. The van der Waals surface area contributed by atoms with Gasteiger partial charge in [0.15, 0.2) is 0 Å². The van der Waals surface area contributed by atoms with E-state index in [2.05, 4.69) is 10.3 Å². The molecule has 16 heavy (non-hydrogen) atoms. The quantitative estimate of drug-likeness (QED) is 0.666. The van der Waals surface area contributed by atoms with Crippen molar-refractivity contribution in [2.75, 3.05) is 11.9 Å². The Hall–Kier alpha value is -1.62. The number of anilines is 1. The summed E-state index contributed by atoms with van der Waals surface area (Å²) in [5.74, 6) is 0.773. The molecule has 2 rings (SSSR count). The molecule has 1 aromatic rings. The highest BCUT2D eigenvalue weighted by Gasteiger charge is 2.28. The van der Waals surface area contributed by atoms with Gasteiger partial charge in [-0.1, -0.05) is 6.07 Å². The predicted molar refractivity (Wildman–Crippen MR) is 61.9 cm³/mol. The maximum atomic E-state index is 10.9. The second kappa shape index (κ2) is 4.49. The number of nitrogens with two attached hydrogens (primary N) is 2. The first-order chi connectivity index (χ1) is 7.66. The molecular formula is C11H16N4O. The summed E-state index contributed by atoms with van der Waals surface area (Å²) in [6.07, 6.45) is 2.44. The molecule has 0 spiro atoms. The standard InChI is InChI=1S/C11H16N4O/c12-8(7-4-5-7)6-14-10-3-1-2-9(15-10)11(13)16/h1-3,7-8H,4-6,12H2,(H2,13,16)(H,14,15). The van der Waals surface area contributed by atoms with Crippen molar-refractivity contribution in [3.8, 4) is 0 Å². The second-order valence-corrected chi connectivity index (χ2v) is 4.15. The third-order valence-corrected chi connectivity index (χ3v) is 2.75. The van der Waals surface area contributed by atoms with Crippen molar-refractivity contribution >= 4 is 11.7 Å². The predicted octanol–water partition coefficient (Wildman–Crippen LogP) is 0.330. The molecule has 0 radical (unpaired) electrons. The molecule has 1 fully saturated rings. The molecule has 5 heteroatoms. The topological polar surface area (TPSA) is 94.0 Å². The monoisotopic (exact) mass is 220 g/mol. The maximum Gasteiger partial charge on any atom is 0.267 e. The third-order valence-electron chi connectivity index (χ3n) is 2.75. The summed E-state index contributed by atoms with van der Waals surface area (Å²) in [5.41, 5.74) is 11.4. The SMILES string of the molecule is NC(=O)c1cccc(NCC(N)C2CC2)n1. The number of rotatable bonds is 5. The Labute approximate surface area is 94.2 Å². The van der Waals surface area contributed by atoms with Crippen LogP contribution in [-0.4, -0.2) is 23.5 Å². The van der Waals surface area contributed by atoms with Crippen molar-refractivity contribution in [3.63, 3.8) is 0 Å². The molecule has 5 N–H and O–H groups in total. The normalized spacial score (nSPS) is 16.8. The molecular weight excluding hydrogens is 204 g/mol. The van der Waals surface area contributed by atoms with Gasteiger partial charge in [0.25, 0.3) is 5.91 Å². The summed E-state index contributed by atoms with van der Waals surface area (Å²) < 4.78 is 0. The Morgan fingerprint density at radius 3 is 2.94 bits per heavy atom. The molecule has 1 unspecified atom stereocenters. The molecule has 1 aliphatic carbocycles. The smallest absolute Gasteiger partial charge is 0.267 e. The van der Waals surface area contributed by atoms with Gasteiger partial charge in [0.2, 0.25) is 0 Å². The highest BCUT2D eigenvalue weighted by Crippen LogP contribution is 2.31. The minimum atomic E-state index is -0.518. The lowest BCUT2D eigenvalue weighted by Crippen LogP contribution is -2.31. The number of carbonyl (C=O) groups is 1. The average Bonchev–Trinajstić information content (AvgIpc) is 3.10. The Bertz CT molecular complexity index is 389. The first-order valence-corrected chi connectivity index (χ1v) is 5.43. The molecule has 86 valence electrons. The van der Waals surface area contributed by atoms with Crippen molar-refractivity contribution in [1.82, 2.24) is 4.98 Å². The average molecular weight is 220 g/mol. The zero-order valence-corrected chi connectivity index (χ0v) is 9.02. The largest absolute Gasteiger partial charge is 0.368 e. The molecule has 1 saturated carbocycles. The van der Waals surface area contributed by atoms with E-state index in [4.69, 9.17) is 11.5 Å². The van der Waals surface area contributed by atoms with Crippen LogP contribution in [0.25, 0.3) is 0 Å². The fourth-order valence-corrected chi connectivity index (χ4v) is 1.58. The lowest BCUT2D eigenvalue weighted by Gasteiger charge is -2.12. The minimum Gasteiger partial charge on any atom is -0.368 e. The molecule has 0 aromatic carbocycles. The number of hydrogen-bond donors (Lipinski definition) is 3. The number of primary amides is 1. The number of nitrogens with one attached hydrogen (secondary N) is 1. The van der Waals surface area contributed by atoms with Crippen LogP contribution in [0.2, 0.25) is 0 Å². The fraction of sp³-hybridized carbons (Fsp3) is 0.455. The molecule has 0 saturated heterocycles. The highest BCUT2D eigenvalue weighted by molar-refractivity contribution is 5.91. The van der Waals surface area contributed by atoms with Crippen LogP contribution in [0.1, 0.15) is 23.3 Å². The number of aromatic nitrogens is 1. The Kier molecular flexibility index (Phi) is 3.05. The molecule has 0 aliphatic heterocycles. The van der Waals surface area contributed by atoms with Gasteiger partial charge in [-0.25, -0.2) is 4.98 Å². The summed E-state index contributed by atoms with van der Waals surface area (Å²) in [6, 6.07) is 5.30. The van der Waals surface area contributed by atoms with Crippen LogP contribution in [0.3, 0.4) is 0 Å². The van der Waals surface area contributed by atoms with Crippen molar-refractivity contribution in [1.29, 1.82) is 0 Å². The number of hydrogen-bond acceptors (Lipinski definition) is 4. The van der Waals surface area contributed by atoms with Gasteiger partial charge < -0.3 is 16.8 Å². The lowest BCUT2D eigenvalue weighted by atomic mass is 10.2. The molecule has 1 aromatic heterocycles. The number of amides is 1. The van der Waals surface area contributed by atoms with Gasteiger partial charge in [0.1, 0.15) is 11.5 Å². The van der Waals surface area contributed by atoms with E-state index in [9.17, 15) is 4.79 Å². The van der Waals surface area contributed by atoms with E-state index >= 15 is 0 Å². The van der Waals surface area contributed by atoms with Crippen molar-refractivity contribution in [2.24, 2.45) is 17.4 Å². The summed E-state index contributed by atoms with van der Waals surface area (Å²) in [6.45, 7) is 0.680. The molecule has 1 aliphatic rings. The van der Waals surface area contributed by atoms with E-state index < -0.39 is 5.91 Å². The van der Waals surface area contributed by atoms with Crippen LogP contribution < -0.4 is 16.8 Å². The van der Waals surface area contributed by atoms with Gasteiger partial charge in [-0.3, -0.25) is 4.79 Å². The number of nitrogens with zero attached hydrogens (tertiary/aromatic N) is 1. The second-order valence-electron chi connectivity index (χ2n) is 4.15. The van der Waals surface area contributed by atoms with Gasteiger partial charge in [0, 0.05) is 12.6 Å². The van der Waals surface area contributed by atoms with Crippen LogP contribution in [0.4, 0.5) is 5.82 Å². The Balaban J connectivity index is 1.92. The molecule has 1 amide bonds. The van der Waals surface area contributed by atoms with Gasteiger partial charge in [0.05, 0.1) is 0 Å². The number of carbonyl (C=O) groups excluding carboxylic acids is 1. The summed E-state index contributed by atoms with van der Waals surface area (Å²) in [5, 5.41) is 3.12. The van der Waals surface area contributed by atoms with E-state index in [1.165, 1.54) is 12.8 Å². The van der Waals surface area contributed by atoms with E-state index in [1.54, 1.807) is 18.2 Å². The van der Waals surface area contributed by atoms with Gasteiger partial charge >= 0.3 is 0 Å². The fourth-order valence-electron chi connectivity index (χ4n) is 1.58. The van der Waals surface area contributed by atoms with E-state index in [0.29, 0.717) is 18.3 Å². The molecule has 1 atom stereocenters. The first-order valence-electron chi connectivity index (χ1n) is 5.43. The molecule has 0 bridgehead atoms. The third kappa shape index (κ3) is 2.70. The van der Waals surface area contributed by atoms with E-state index in [1.807, 2.05) is 0 Å². The van der Waals surface area contributed by atoms with Crippen molar-refractivity contribution < 1.29 is 4.79 Å². The summed E-state index contributed by atoms with van der Waals surface area (Å²) >= 11 is 0. The van der Waals surface area contributed by atoms with E-state index in [0.717, 1.165) is 0 Å². The van der Waals surface area contributed by atoms with Crippen LogP contribution in [0, 0.1) is 5.92 Å². The number of pyridine rings is 1. The minimum absolute atomic E-state index is 0.166. The van der Waals surface area contributed by atoms with Crippen LogP contribution in [0.15, 0.2) is 18.2 Å².